The molecule has 1 fully saturated rings. The predicted octanol–water partition coefficient (Wildman–Crippen LogP) is 2.87. The van der Waals surface area contributed by atoms with Gasteiger partial charge in [-0.3, -0.25) is 4.79 Å². The highest BCUT2D eigenvalue weighted by Gasteiger charge is 2.28. The lowest BCUT2D eigenvalue weighted by Gasteiger charge is -2.31. The summed E-state index contributed by atoms with van der Waals surface area (Å²) in [6, 6.07) is -0.428. The van der Waals surface area contributed by atoms with E-state index in [1.165, 1.54) is 6.42 Å². The molecule has 1 aliphatic carbocycles. The van der Waals surface area contributed by atoms with Crippen molar-refractivity contribution in [2.24, 2.45) is 17.6 Å². The van der Waals surface area contributed by atoms with Crippen molar-refractivity contribution in [1.29, 1.82) is 0 Å². The summed E-state index contributed by atoms with van der Waals surface area (Å²) in [6.07, 6.45) is 6.14. The van der Waals surface area contributed by atoms with Crippen molar-refractivity contribution < 1.29 is 9.53 Å². The minimum Gasteiger partial charge on any atom is -0.461 e. The summed E-state index contributed by atoms with van der Waals surface area (Å²) in [5, 5.41) is 0. The smallest absolute Gasteiger partial charge is 0.323 e. The first-order valence-electron chi connectivity index (χ1n) is 6.99. The number of carbonyl (C=O) groups excluding carboxylic acids is 1. The van der Waals surface area contributed by atoms with Gasteiger partial charge in [0.2, 0.25) is 0 Å². The van der Waals surface area contributed by atoms with Crippen molar-refractivity contribution in [3.05, 3.63) is 0 Å². The molecule has 2 N–H and O–H groups in total. The standard InChI is InChI=1S/C14H27NO2/c1-4-5-6-13(15)14(16)17-12-8-10(2)7-11(3)9-12/h10-13H,4-9,15H2,1-3H3. The van der Waals surface area contributed by atoms with E-state index in [1.807, 2.05) is 0 Å². The third kappa shape index (κ3) is 5.07. The first-order valence-corrected chi connectivity index (χ1v) is 6.99. The van der Waals surface area contributed by atoms with Gasteiger partial charge in [-0.05, 0) is 37.5 Å². The molecule has 3 atom stereocenters. The molecular weight excluding hydrogens is 214 g/mol. The lowest BCUT2D eigenvalue weighted by atomic mass is 9.82. The van der Waals surface area contributed by atoms with Crippen LogP contribution in [-0.4, -0.2) is 18.1 Å². The van der Waals surface area contributed by atoms with Crippen LogP contribution in [0.25, 0.3) is 0 Å². The normalized spacial score (nSPS) is 30.9. The molecule has 0 aliphatic heterocycles. The van der Waals surface area contributed by atoms with Crippen LogP contribution >= 0.6 is 0 Å². The first kappa shape index (κ1) is 14.5. The third-order valence-corrected chi connectivity index (χ3v) is 3.59. The molecule has 0 saturated heterocycles. The second-order valence-corrected chi connectivity index (χ2v) is 5.73. The van der Waals surface area contributed by atoms with Gasteiger partial charge in [-0.15, -0.1) is 0 Å². The summed E-state index contributed by atoms with van der Waals surface area (Å²) in [6.45, 7) is 6.56. The molecule has 0 aromatic carbocycles. The fraction of sp³-hybridized carbons (Fsp3) is 0.929. The van der Waals surface area contributed by atoms with E-state index < -0.39 is 6.04 Å². The maximum atomic E-state index is 11.8. The highest BCUT2D eigenvalue weighted by Crippen LogP contribution is 2.30. The van der Waals surface area contributed by atoms with Crippen molar-refractivity contribution >= 4 is 5.97 Å². The van der Waals surface area contributed by atoms with Crippen molar-refractivity contribution in [2.75, 3.05) is 0 Å². The summed E-state index contributed by atoms with van der Waals surface area (Å²) in [5.74, 6) is 1.11. The van der Waals surface area contributed by atoms with Crippen LogP contribution in [0.15, 0.2) is 0 Å². The summed E-state index contributed by atoms with van der Waals surface area (Å²) in [4.78, 5) is 11.8. The van der Waals surface area contributed by atoms with Crippen LogP contribution in [0.4, 0.5) is 0 Å². The van der Waals surface area contributed by atoms with Gasteiger partial charge < -0.3 is 10.5 Å². The number of hydrogen-bond acceptors (Lipinski definition) is 3. The Morgan fingerprint density at radius 1 is 1.29 bits per heavy atom. The molecule has 100 valence electrons. The zero-order chi connectivity index (χ0) is 12.8. The minimum absolute atomic E-state index is 0.0916. The van der Waals surface area contributed by atoms with Crippen LogP contribution < -0.4 is 5.73 Å². The van der Waals surface area contributed by atoms with Crippen molar-refractivity contribution in [1.82, 2.24) is 0 Å². The topological polar surface area (TPSA) is 52.3 Å². The predicted molar refractivity (Wildman–Crippen MR) is 69.6 cm³/mol. The summed E-state index contributed by atoms with van der Waals surface area (Å²) in [5.41, 5.74) is 5.82. The van der Waals surface area contributed by atoms with E-state index in [2.05, 4.69) is 20.8 Å². The second-order valence-electron chi connectivity index (χ2n) is 5.73. The molecule has 1 rings (SSSR count). The molecule has 0 aromatic rings. The molecule has 0 radical (unpaired) electrons. The number of hydrogen-bond donors (Lipinski definition) is 1. The number of nitrogens with two attached hydrogens (primary N) is 1. The maximum absolute atomic E-state index is 11.8. The molecule has 17 heavy (non-hydrogen) atoms. The van der Waals surface area contributed by atoms with Crippen LogP contribution in [-0.2, 0) is 9.53 Å². The Bertz CT molecular complexity index is 232. The molecule has 3 heteroatoms. The molecule has 0 spiro atoms. The molecule has 0 bridgehead atoms. The van der Waals surface area contributed by atoms with Crippen LogP contribution in [0.3, 0.4) is 0 Å². The van der Waals surface area contributed by atoms with Gasteiger partial charge in [0.1, 0.15) is 12.1 Å². The Balaban J connectivity index is 2.34. The number of ether oxygens (including phenoxy) is 1. The average molecular weight is 241 g/mol. The Hall–Kier alpha value is -0.570. The molecule has 0 heterocycles. The van der Waals surface area contributed by atoms with E-state index in [-0.39, 0.29) is 12.1 Å². The fourth-order valence-electron chi connectivity index (χ4n) is 2.76. The molecule has 0 amide bonds. The molecule has 1 saturated carbocycles. The quantitative estimate of drug-likeness (QED) is 0.753. The van der Waals surface area contributed by atoms with Crippen LogP contribution in [0.1, 0.15) is 59.3 Å². The van der Waals surface area contributed by atoms with Gasteiger partial charge in [0, 0.05) is 0 Å². The molecular formula is C14H27NO2. The summed E-state index contributed by atoms with van der Waals surface area (Å²) < 4.78 is 5.53. The number of esters is 1. The van der Waals surface area contributed by atoms with Gasteiger partial charge in [-0.1, -0.05) is 33.6 Å². The van der Waals surface area contributed by atoms with Gasteiger partial charge >= 0.3 is 5.97 Å². The molecule has 1 aliphatic rings. The minimum atomic E-state index is -0.428. The summed E-state index contributed by atoms with van der Waals surface area (Å²) >= 11 is 0. The fourth-order valence-corrected chi connectivity index (χ4v) is 2.76. The SMILES string of the molecule is CCCCC(N)C(=O)OC1CC(C)CC(C)C1. The van der Waals surface area contributed by atoms with Gasteiger partial charge in [-0.2, -0.15) is 0 Å². The van der Waals surface area contributed by atoms with E-state index in [0.29, 0.717) is 11.8 Å². The largest absolute Gasteiger partial charge is 0.461 e. The highest BCUT2D eigenvalue weighted by molar-refractivity contribution is 5.75. The van der Waals surface area contributed by atoms with Crippen LogP contribution in [0.5, 0.6) is 0 Å². The van der Waals surface area contributed by atoms with E-state index in [1.54, 1.807) is 0 Å². The number of unbranched alkanes of at least 4 members (excludes halogenated alkanes) is 1. The zero-order valence-corrected chi connectivity index (χ0v) is 11.4. The first-order chi connectivity index (χ1) is 8.02. The van der Waals surface area contributed by atoms with Gasteiger partial charge in [0.05, 0.1) is 0 Å². The number of carbonyl (C=O) groups is 1. The Labute approximate surface area is 105 Å². The van der Waals surface area contributed by atoms with Gasteiger partial charge in [0.15, 0.2) is 0 Å². The lowest BCUT2D eigenvalue weighted by Crippen LogP contribution is -2.37. The Morgan fingerprint density at radius 3 is 2.41 bits per heavy atom. The Kier molecular flexibility index (Phi) is 5.96. The van der Waals surface area contributed by atoms with Gasteiger partial charge in [-0.25, -0.2) is 0 Å². The van der Waals surface area contributed by atoms with Crippen molar-refractivity contribution in [2.45, 2.75) is 71.4 Å². The van der Waals surface area contributed by atoms with E-state index >= 15 is 0 Å². The third-order valence-electron chi connectivity index (χ3n) is 3.59. The summed E-state index contributed by atoms with van der Waals surface area (Å²) in [7, 11) is 0. The van der Waals surface area contributed by atoms with Crippen molar-refractivity contribution in [3.63, 3.8) is 0 Å². The second kappa shape index (κ2) is 7.00. The Morgan fingerprint density at radius 2 is 1.88 bits per heavy atom. The maximum Gasteiger partial charge on any atom is 0.323 e. The molecule has 0 aromatic heterocycles. The van der Waals surface area contributed by atoms with E-state index in [9.17, 15) is 4.79 Å². The van der Waals surface area contributed by atoms with Crippen molar-refractivity contribution in [3.8, 4) is 0 Å². The average Bonchev–Trinajstić information content (AvgIpc) is 2.24. The monoisotopic (exact) mass is 241 g/mol. The lowest BCUT2D eigenvalue weighted by molar-refractivity contribution is -0.153. The molecule has 3 unspecified atom stereocenters. The van der Waals surface area contributed by atoms with E-state index in [0.717, 1.165) is 32.1 Å². The number of rotatable bonds is 5. The van der Waals surface area contributed by atoms with Crippen LogP contribution in [0, 0.1) is 11.8 Å². The van der Waals surface area contributed by atoms with Crippen LogP contribution in [0.2, 0.25) is 0 Å². The zero-order valence-electron chi connectivity index (χ0n) is 11.4. The molecule has 3 nitrogen and oxygen atoms in total. The highest BCUT2D eigenvalue weighted by atomic mass is 16.5. The van der Waals surface area contributed by atoms with E-state index in [4.69, 9.17) is 10.5 Å². The van der Waals surface area contributed by atoms with Gasteiger partial charge in [0.25, 0.3) is 0 Å².